The van der Waals surface area contributed by atoms with E-state index in [1.807, 2.05) is 56.4 Å². The number of anilines is 2. The van der Waals surface area contributed by atoms with E-state index in [1.54, 1.807) is 0 Å². The largest absolute Gasteiger partial charge is 0.378 e. The second kappa shape index (κ2) is 6.05. The van der Waals surface area contributed by atoms with E-state index in [-0.39, 0.29) is 6.04 Å². The predicted molar refractivity (Wildman–Crippen MR) is 92.6 cm³/mol. The van der Waals surface area contributed by atoms with E-state index >= 15 is 0 Å². The van der Waals surface area contributed by atoms with Gasteiger partial charge in [0.25, 0.3) is 0 Å². The van der Waals surface area contributed by atoms with Gasteiger partial charge in [0.05, 0.1) is 23.8 Å². The first-order chi connectivity index (χ1) is 11.0. The molecule has 0 bridgehead atoms. The van der Waals surface area contributed by atoms with Crippen molar-refractivity contribution >= 4 is 17.7 Å². The average molecular weight is 310 g/mol. The molecule has 0 spiro atoms. The smallest absolute Gasteiger partial charge is 0.130 e. The van der Waals surface area contributed by atoms with Gasteiger partial charge in [0.2, 0.25) is 0 Å². The Hall–Kier alpha value is -2.33. The van der Waals surface area contributed by atoms with Crippen LogP contribution < -0.4 is 9.96 Å². The number of hydrogen-bond acceptors (Lipinski definition) is 4. The highest BCUT2D eigenvalue weighted by molar-refractivity contribution is 5.65. The van der Waals surface area contributed by atoms with E-state index in [0.717, 1.165) is 23.2 Å². The van der Waals surface area contributed by atoms with Crippen LogP contribution in [-0.2, 0) is 9.63 Å². The number of hydroxylamine groups is 1. The van der Waals surface area contributed by atoms with Crippen molar-refractivity contribution in [2.24, 2.45) is 5.41 Å². The van der Waals surface area contributed by atoms with Crippen molar-refractivity contribution in [2.45, 2.75) is 13.0 Å². The van der Waals surface area contributed by atoms with Crippen molar-refractivity contribution in [3.63, 3.8) is 0 Å². The molecule has 1 fully saturated rings. The zero-order chi connectivity index (χ0) is 16.4. The standard InChI is InChI=1S/C19H22N2O2/c1-19(13-22)14-23-21(17-7-5-4-6-8-17)18(19)15-9-11-16(12-10-15)20(2)3/h4-13,18H,14H2,1-3H3/t18-,19+/m0/s1. The first kappa shape index (κ1) is 15.6. The number of nitrogens with zero attached hydrogens (tertiary/aromatic N) is 2. The first-order valence-electron chi connectivity index (χ1n) is 7.76. The second-order valence-electron chi connectivity index (χ2n) is 6.45. The van der Waals surface area contributed by atoms with Crippen molar-refractivity contribution in [3.05, 3.63) is 60.2 Å². The Bertz CT molecular complexity index is 670. The fourth-order valence-electron chi connectivity index (χ4n) is 3.00. The number of hydrogen-bond donors (Lipinski definition) is 0. The van der Waals surface area contributed by atoms with Gasteiger partial charge in [-0.1, -0.05) is 30.3 Å². The topological polar surface area (TPSA) is 32.8 Å². The van der Waals surface area contributed by atoms with Gasteiger partial charge in [0.1, 0.15) is 6.29 Å². The Morgan fingerprint density at radius 1 is 1.13 bits per heavy atom. The van der Waals surface area contributed by atoms with Crippen molar-refractivity contribution in [2.75, 3.05) is 30.7 Å². The molecule has 2 aromatic rings. The molecule has 0 N–H and O–H groups in total. The first-order valence-corrected chi connectivity index (χ1v) is 7.76. The van der Waals surface area contributed by atoms with E-state index < -0.39 is 5.41 Å². The maximum atomic E-state index is 11.7. The molecule has 0 unspecified atom stereocenters. The van der Waals surface area contributed by atoms with Crippen molar-refractivity contribution in [1.29, 1.82) is 0 Å². The highest BCUT2D eigenvalue weighted by Gasteiger charge is 2.46. The number of aldehydes is 1. The number of benzene rings is 2. The lowest BCUT2D eigenvalue weighted by Crippen LogP contribution is -2.31. The molecular weight excluding hydrogens is 288 g/mol. The summed E-state index contributed by atoms with van der Waals surface area (Å²) in [6, 6.07) is 18.1. The molecule has 0 saturated carbocycles. The minimum Gasteiger partial charge on any atom is -0.378 e. The molecule has 0 aliphatic carbocycles. The summed E-state index contributed by atoms with van der Waals surface area (Å²) in [6.07, 6.45) is 1.01. The van der Waals surface area contributed by atoms with Gasteiger partial charge >= 0.3 is 0 Å². The molecule has 2 atom stereocenters. The fraction of sp³-hybridized carbons (Fsp3) is 0.316. The zero-order valence-corrected chi connectivity index (χ0v) is 13.8. The van der Waals surface area contributed by atoms with Crippen molar-refractivity contribution in [1.82, 2.24) is 0 Å². The Morgan fingerprint density at radius 2 is 1.78 bits per heavy atom. The molecule has 0 radical (unpaired) electrons. The molecule has 4 nitrogen and oxygen atoms in total. The van der Waals surface area contributed by atoms with Crippen LogP contribution in [0.1, 0.15) is 18.5 Å². The zero-order valence-electron chi connectivity index (χ0n) is 13.8. The summed E-state index contributed by atoms with van der Waals surface area (Å²) in [7, 11) is 4.03. The lowest BCUT2D eigenvalue weighted by Gasteiger charge is -2.30. The van der Waals surface area contributed by atoms with E-state index in [1.165, 1.54) is 0 Å². The van der Waals surface area contributed by atoms with Crippen LogP contribution in [-0.4, -0.2) is 27.0 Å². The minimum atomic E-state index is -0.574. The monoisotopic (exact) mass is 310 g/mol. The third-order valence-corrected chi connectivity index (χ3v) is 4.38. The van der Waals surface area contributed by atoms with Crippen LogP contribution in [0, 0.1) is 5.41 Å². The van der Waals surface area contributed by atoms with Crippen molar-refractivity contribution < 1.29 is 9.63 Å². The summed E-state index contributed by atoms with van der Waals surface area (Å²) in [5.74, 6) is 0. The van der Waals surface area contributed by atoms with Gasteiger partial charge in [0.15, 0.2) is 0 Å². The van der Waals surface area contributed by atoms with Gasteiger partial charge in [0, 0.05) is 19.8 Å². The van der Waals surface area contributed by atoms with Crippen LogP contribution >= 0.6 is 0 Å². The summed E-state index contributed by atoms with van der Waals surface area (Å²) in [5.41, 5.74) is 2.59. The van der Waals surface area contributed by atoms with E-state index in [9.17, 15) is 4.79 Å². The number of carbonyl (C=O) groups is 1. The molecule has 3 rings (SSSR count). The summed E-state index contributed by atoms with van der Waals surface area (Å²) in [5, 5.41) is 1.86. The Morgan fingerprint density at radius 3 is 2.35 bits per heavy atom. The summed E-state index contributed by atoms with van der Waals surface area (Å²) in [4.78, 5) is 19.7. The van der Waals surface area contributed by atoms with Crippen LogP contribution in [0.2, 0.25) is 0 Å². The maximum Gasteiger partial charge on any atom is 0.130 e. The van der Waals surface area contributed by atoms with Gasteiger partial charge in [-0.05, 0) is 36.8 Å². The molecule has 120 valence electrons. The Labute approximate surface area is 137 Å². The third-order valence-electron chi connectivity index (χ3n) is 4.38. The normalized spacial score (nSPS) is 23.8. The Kier molecular flexibility index (Phi) is 4.09. The van der Waals surface area contributed by atoms with E-state index in [4.69, 9.17) is 4.84 Å². The SMILES string of the molecule is CN(C)c1ccc([C@@H]2N(c3ccccc3)OC[C@@]2(C)C=O)cc1. The van der Waals surface area contributed by atoms with Crippen LogP contribution in [0.15, 0.2) is 54.6 Å². The number of para-hydroxylation sites is 1. The summed E-state index contributed by atoms with van der Waals surface area (Å²) >= 11 is 0. The lowest BCUT2D eigenvalue weighted by molar-refractivity contribution is -0.115. The van der Waals surface area contributed by atoms with Gasteiger partial charge in [-0.25, -0.2) is 5.06 Å². The second-order valence-corrected chi connectivity index (χ2v) is 6.45. The summed E-state index contributed by atoms with van der Waals surface area (Å²) in [6.45, 7) is 2.33. The van der Waals surface area contributed by atoms with Crippen LogP contribution in [0.25, 0.3) is 0 Å². The molecule has 1 aliphatic heterocycles. The molecule has 0 amide bonds. The quantitative estimate of drug-likeness (QED) is 0.810. The lowest BCUT2D eigenvalue weighted by atomic mass is 9.81. The average Bonchev–Trinajstić information content (AvgIpc) is 2.94. The van der Waals surface area contributed by atoms with Crippen LogP contribution in [0.4, 0.5) is 11.4 Å². The van der Waals surface area contributed by atoms with Crippen LogP contribution in [0.3, 0.4) is 0 Å². The number of rotatable bonds is 4. The fourth-order valence-corrected chi connectivity index (χ4v) is 3.00. The van der Waals surface area contributed by atoms with E-state index in [0.29, 0.717) is 6.61 Å². The van der Waals surface area contributed by atoms with Gasteiger partial charge in [-0.3, -0.25) is 4.84 Å². The van der Waals surface area contributed by atoms with Crippen molar-refractivity contribution in [3.8, 4) is 0 Å². The van der Waals surface area contributed by atoms with E-state index in [2.05, 4.69) is 29.2 Å². The highest BCUT2D eigenvalue weighted by Crippen LogP contribution is 2.45. The molecule has 23 heavy (non-hydrogen) atoms. The van der Waals surface area contributed by atoms with Gasteiger partial charge < -0.3 is 9.69 Å². The van der Waals surface area contributed by atoms with Gasteiger partial charge in [-0.15, -0.1) is 0 Å². The molecule has 1 aliphatic rings. The highest BCUT2D eigenvalue weighted by atomic mass is 16.7. The van der Waals surface area contributed by atoms with Gasteiger partial charge in [-0.2, -0.15) is 0 Å². The predicted octanol–water partition coefficient (Wildman–Crippen LogP) is 3.45. The molecule has 1 saturated heterocycles. The minimum absolute atomic E-state index is 0.140. The maximum absolute atomic E-state index is 11.7. The number of carbonyl (C=O) groups excluding carboxylic acids is 1. The molecular formula is C19H22N2O2. The Balaban J connectivity index is 2.01. The molecule has 4 heteroatoms. The molecule has 1 heterocycles. The molecule has 0 aromatic heterocycles. The third kappa shape index (κ3) is 2.82. The molecule has 2 aromatic carbocycles. The van der Waals surface area contributed by atoms with Crippen LogP contribution in [0.5, 0.6) is 0 Å². The summed E-state index contributed by atoms with van der Waals surface area (Å²) < 4.78 is 0.